The highest BCUT2D eigenvalue weighted by molar-refractivity contribution is 5.84. The lowest BCUT2D eigenvalue weighted by Gasteiger charge is -2.21. The molecule has 5 nitrogen and oxygen atoms in total. The number of rotatable bonds is 8. The number of fused-ring (bicyclic) bond motifs is 2. The van der Waals surface area contributed by atoms with Crippen LogP contribution in [0.4, 0.5) is 0 Å². The minimum atomic E-state index is -0.742. The van der Waals surface area contributed by atoms with Crippen molar-refractivity contribution in [3.8, 4) is 0 Å². The lowest BCUT2D eigenvalue weighted by atomic mass is 10.1. The predicted octanol–water partition coefficient (Wildman–Crippen LogP) is 4.52. The highest BCUT2D eigenvalue weighted by Crippen LogP contribution is 2.23. The standard InChI is InChI=1S/C22H23N3O2/c26-22(27)10-5-11-25(14-16-12-23-20-8-3-1-6-18(16)20)15-17-13-24-21-9-4-2-7-19(17)21/h1-4,6-9,12-13,23-24H,5,10-11,14-15H2,(H,26,27). The number of aromatic nitrogens is 2. The van der Waals surface area contributed by atoms with Crippen LogP contribution in [0.2, 0.25) is 0 Å². The van der Waals surface area contributed by atoms with E-state index in [1.54, 1.807) is 0 Å². The molecule has 0 aliphatic heterocycles. The molecule has 0 spiro atoms. The molecule has 0 aliphatic rings. The van der Waals surface area contributed by atoms with Crippen molar-refractivity contribution >= 4 is 27.8 Å². The second-order valence-corrected chi connectivity index (χ2v) is 6.93. The van der Waals surface area contributed by atoms with Gasteiger partial charge in [0.05, 0.1) is 0 Å². The van der Waals surface area contributed by atoms with Crippen LogP contribution in [0, 0.1) is 0 Å². The summed E-state index contributed by atoms with van der Waals surface area (Å²) in [4.78, 5) is 19.9. The summed E-state index contributed by atoms with van der Waals surface area (Å²) in [5.41, 5.74) is 4.73. The molecule has 0 fully saturated rings. The molecule has 2 aromatic carbocycles. The summed E-state index contributed by atoms with van der Waals surface area (Å²) in [6.45, 7) is 2.30. The van der Waals surface area contributed by atoms with E-state index in [0.29, 0.717) is 6.42 Å². The number of hydrogen-bond acceptors (Lipinski definition) is 2. The van der Waals surface area contributed by atoms with Crippen molar-refractivity contribution in [2.75, 3.05) is 6.54 Å². The van der Waals surface area contributed by atoms with Crippen LogP contribution < -0.4 is 0 Å². The van der Waals surface area contributed by atoms with E-state index in [1.807, 2.05) is 24.3 Å². The summed E-state index contributed by atoms with van der Waals surface area (Å²) >= 11 is 0. The van der Waals surface area contributed by atoms with Crippen molar-refractivity contribution in [2.24, 2.45) is 0 Å². The molecule has 0 saturated heterocycles. The smallest absolute Gasteiger partial charge is 0.303 e. The second kappa shape index (κ2) is 7.68. The quantitative estimate of drug-likeness (QED) is 0.432. The number of H-pyrrole nitrogens is 2. The number of aromatic amines is 2. The van der Waals surface area contributed by atoms with Crippen LogP contribution >= 0.6 is 0 Å². The molecule has 0 aliphatic carbocycles. The van der Waals surface area contributed by atoms with Crippen molar-refractivity contribution < 1.29 is 9.90 Å². The van der Waals surface area contributed by atoms with Crippen LogP contribution in [-0.4, -0.2) is 32.5 Å². The number of carboxylic acids is 1. The number of aliphatic carboxylic acids is 1. The van der Waals surface area contributed by atoms with E-state index >= 15 is 0 Å². The van der Waals surface area contributed by atoms with Crippen LogP contribution in [0.3, 0.4) is 0 Å². The van der Waals surface area contributed by atoms with Gasteiger partial charge in [-0.05, 0) is 36.2 Å². The van der Waals surface area contributed by atoms with Gasteiger partial charge in [0.2, 0.25) is 0 Å². The van der Waals surface area contributed by atoms with Crippen molar-refractivity contribution in [1.82, 2.24) is 14.9 Å². The Balaban J connectivity index is 1.57. The zero-order valence-corrected chi connectivity index (χ0v) is 15.1. The number of para-hydroxylation sites is 2. The van der Waals surface area contributed by atoms with Gasteiger partial charge in [0.15, 0.2) is 0 Å². The lowest BCUT2D eigenvalue weighted by Crippen LogP contribution is -2.24. The highest BCUT2D eigenvalue weighted by Gasteiger charge is 2.13. The fourth-order valence-corrected chi connectivity index (χ4v) is 3.67. The minimum Gasteiger partial charge on any atom is -0.481 e. The normalized spacial score (nSPS) is 11.6. The number of nitrogens with one attached hydrogen (secondary N) is 2. The molecular weight excluding hydrogens is 338 g/mol. The summed E-state index contributed by atoms with van der Waals surface area (Å²) in [5, 5.41) is 11.4. The zero-order chi connectivity index (χ0) is 18.6. The maximum absolute atomic E-state index is 10.9. The Morgan fingerprint density at radius 3 is 1.89 bits per heavy atom. The van der Waals surface area contributed by atoms with Gasteiger partial charge in [-0.3, -0.25) is 9.69 Å². The Hall–Kier alpha value is -3.05. The van der Waals surface area contributed by atoms with Gasteiger partial charge in [-0.15, -0.1) is 0 Å². The van der Waals surface area contributed by atoms with Crippen LogP contribution in [0.5, 0.6) is 0 Å². The van der Waals surface area contributed by atoms with Gasteiger partial charge < -0.3 is 15.1 Å². The fourth-order valence-electron chi connectivity index (χ4n) is 3.67. The van der Waals surface area contributed by atoms with Crippen molar-refractivity contribution in [1.29, 1.82) is 0 Å². The molecule has 3 N–H and O–H groups in total. The van der Waals surface area contributed by atoms with E-state index in [9.17, 15) is 4.79 Å². The SMILES string of the molecule is O=C(O)CCCN(Cc1c[nH]c2ccccc12)Cc1c[nH]c2ccccc12. The minimum absolute atomic E-state index is 0.193. The van der Waals surface area contributed by atoms with Gasteiger partial charge in [0, 0.05) is 53.7 Å². The fraction of sp³-hybridized carbons (Fsp3) is 0.227. The summed E-state index contributed by atoms with van der Waals surface area (Å²) in [6, 6.07) is 16.6. The predicted molar refractivity (Wildman–Crippen MR) is 108 cm³/mol. The maximum Gasteiger partial charge on any atom is 0.303 e. The third kappa shape index (κ3) is 3.88. The molecule has 4 rings (SSSR count). The Bertz CT molecular complexity index is 987. The van der Waals surface area contributed by atoms with E-state index in [-0.39, 0.29) is 6.42 Å². The lowest BCUT2D eigenvalue weighted by molar-refractivity contribution is -0.137. The first-order valence-corrected chi connectivity index (χ1v) is 9.25. The molecule has 0 amide bonds. The number of benzene rings is 2. The number of hydrogen-bond donors (Lipinski definition) is 3. The van der Waals surface area contributed by atoms with Crippen molar-refractivity contribution in [2.45, 2.75) is 25.9 Å². The highest BCUT2D eigenvalue weighted by atomic mass is 16.4. The molecule has 2 aromatic heterocycles. The molecule has 4 aromatic rings. The van der Waals surface area contributed by atoms with Crippen LogP contribution in [-0.2, 0) is 17.9 Å². The molecule has 0 radical (unpaired) electrons. The third-order valence-electron chi connectivity index (χ3n) is 5.00. The Morgan fingerprint density at radius 2 is 1.37 bits per heavy atom. The summed E-state index contributed by atoms with van der Waals surface area (Å²) < 4.78 is 0. The summed E-state index contributed by atoms with van der Waals surface area (Å²) in [7, 11) is 0. The van der Waals surface area contributed by atoms with Gasteiger partial charge in [-0.2, -0.15) is 0 Å². The molecule has 138 valence electrons. The molecule has 5 heteroatoms. The van der Waals surface area contributed by atoms with E-state index < -0.39 is 5.97 Å². The molecule has 0 saturated carbocycles. The topological polar surface area (TPSA) is 72.1 Å². The monoisotopic (exact) mass is 361 g/mol. The first kappa shape index (κ1) is 17.4. The van der Waals surface area contributed by atoms with Crippen molar-refractivity contribution in [3.63, 3.8) is 0 Å². The zero-order valence-electron chi connectivity index (χ0n) is 15.1. The molecule has 0 atom stereocenters. The number of carbonyl (C=O) groups is 1. The molecular formula is C22H23N3O2. The first-order chi connectivity index (χ1) is 13.2. The second-order valence-electron chi connectivity index (χ2n) is 6.93. The summed E-state index contributed by atoms with van der Waals surface area (Å²) in [5.74, 6) is -0.742. The van der Waals surface area contributed by atoms with Crippen molar-refractivity contribution in [3.05, 3.63) is 72.1 Å². The third-order valence-corrected chi connectivity index (χ3v) is 5.00. The Kier molecular flexibility index (Phi) is 4.94. The molecule has 27 heavy (non-hydrogen) atoms. The van der Waals surface area contributed by atoms with Gasteiger partial charge in [0.25, 0.3) is 0 Å². The Morgan fingerprint density at radius 1 is 0.852 bits per heavy atom. The van der Waals surface area contributed by atoms with Gasteiger partial charge >= 0.3 is 5.97 Å². The van der Waals surface area contributed by atoms with Gasteiger partial charge in [-0.1, -0.05) is 36.4 Å². The maximum atomic E-state index is 10.9. The number of carboxylic acid groups (broad SMARTS) is 1. The number of nitrogens with zero attached hydrogens (tertiary/aromatic N) is 1. The van der Waals surface area contributed by atoms with E-state index in [4.69, 9.17) is 5.11 Å². The van der Waals surface area contributed by atoms with Crippen LogP contribution in [0.25, 0.3) is 21.8 Å². The van der Waals surface area contributed by atoms with Gasteiger partial charge in [0.1, 0.15) is 0 Å². The molecule has 2 heterocycles. The largest absolute Gasteiger partial charge is 0.481 e. The Labute approximate surface area is 157 Å². The molecule has 0 unspecified atom stereocenters. The van der Waals surface area contributed by atoms with E-state index in [1.165, 1.54) is 21.9 Å². The van der Waals surface area contributed by atoms with E-state index in [0.717, 1.165) is 30.7 Å². The first-order valence-electron chi connectivity index (χ1n) is 9.25. The van der Waals surface area contributed by atoms with Gasteiger partial charge in [-0.25, -0.2) is 0 Å². The summed E-state index contributed by atoms with van der Waals surface area (Å²) in [6.07, 6.45) is 4.95. The van der Waals surface area contributed by atoms with E-state index in [2.05, 4.69) is 51.5 Å². The average Bonchev–Trinajstić information content (AvgIpc) is 3.26. The molecule has 0 bridgehead atoms. The van der Waals surface area contributed by atoms with Crippen LogP contribution in [0.1, 0.15) is 24.0 Å². The average molecular weight is 361 g/mol. The van der Waals surface area contributed by atoms with Crippen LogP contribution in [0.15, 0.2) is 60.9 Å².